The number of nitrogens with zero attached hydrogens (tertiary/aromatic N) is 3. The molecule has 0 atom stereocenters. The number of hydrogen-bond acceptors (Lipinski definition) is 5. The Morgan fingerprint density at radius 1 is 1.12 bits per heavy atom. The van der Waals surface area contributed by atoms with Crippen molar-refractivity contribution < 1.29 is 14.3 Å². The van der Waals surface area contributed by atoms with Gasteiger partial charge >= 0.3 is 0 Å². The maximum atomic E-state index is 12.3. The first-order valence-electron chi connectivity index (χ1n) is 7.96. The SMILES string of the molecule is COc1ccc(SCC(=O)N2CCN(CC(=O)N(C)C)CC2)cc1. The first kappa shape index (κ1) is 18.6. The van der Waals surface area contributed by atoms with E-state index in [1.165, 1.54) is 11.8 Å². The van der Waals surface area contributed by atoms with E-state index in [1.807, 2.05) is 29.2 Å². The number of amides is 2. The summed E-state index contributed by atoms with van der Waals surface area (Å²) < 4.78 is 5.13. The molecule has 1 aromatic carbocycles. The second-order valence-corrected chi connectivity index (χ2v) is 6.96. The second kappa shape index (κ2) is 8.94. The van der Waals surface area contributed by atoms with Crippen LogP contribution >= 0.6 is 11.8 Å². The minimum Gasteiger partial charge on any atom is -0.497 e. The van der Waals surface area contributed by atoms with E-state index >= 15 is 0 Å². The van der Waals surface area contributed by atoms with Crippen LogP contribution < -0.4 is 4.74 Å². The molecule has 0 N–H and O–H groups in total. The fourth-order valence-corrected chi connectivity index (χ4v) is 3.20. The number of likely N-dealkylation sites (N-methyl/N-ethyl adjacent to an activating group) is 1. The molecule has 0 bridgehead atoms. The van der Waals surface area contributed by atoms with Crippen LogP contribution in [0.5, 0.6) is 5.75 Å². The Morgan fingerprint density at radius 2 is 1.75 bits per heavy atom. The topological polar surface area (TPSA) is 53.1 Å². The zero-order chi connectivity index (χ0) is 17.5. The number of methoxy groups -OCH3 is 1. The molecule has 0 saturated carbocycles. The third kappa shape index (κ3) is 5.42. The van der Waals surface area contributed by atoms with Gasteiger partial charge in [-0.25, -0.2) is 0 Å². The van der Waals surface area contributed by atoms with Crippen molar-refractivity contribution in [2.45, 2.75) is 4.90 Å². The highest BCUT2D eigenvalue weighted by molar-refractivity contribution is 8.00. The molecule has 132 valence electrons. The van der Waals surface area contributed by atoms with E-state index < -0.39 is 0 Å². The number of benzene rings is 1. The Balaban J connectivity index is 1.73. The molecule has 2 amide bonds. The highest BCUT2D eigenvalue weighted by atomic mass is 32.2. The minimum absolute atomic E-state index is 0.102. The Bertz CT molecular complexity index is 555. The third-order valence-corrected chi connectivity index (χ3v) is 5.00. The molecule has 7 heteroatoms. The first-order valence-corrected chi connectivity index (χ1v) is 8.95. The number of carbonyl (C=O) groups excluding carboxylic acids is 2. The van der Waals surface area contributed by atoms with Crippen LogP contribution in [0, 0.1) is 0 Å². The number of rotatable bonds is 6. The highest BCUT2D eigenvalue weighted by Gasteiger charge is 2.22. The smallest absolute Gasteiger partial charge is 0.236 e. The van der Waals surface area contributed by atoms with Gasteiger partial charge in [-0.2, -0.15) is 0 Å². The molecule has 1 fully saturated rings. The van der Waals surface area contributed by atoms with Crippen molar-refractivity contribution >= 4 is 23.6 Å². The largest absolute Gasteiger partial charge is 0.497 e. The van der Waals surface area contributed by atoms with E-state index in [4.69, 9.17) is 4.74 Å². The summed E-state index contributed by atoms with van der Waals surface area (Å²) in [5, 5.41) is 0. The molecule has 0 radical (unpaired) electrons. The van der Waals surface area contributed by atoms with Crippen LogP contribution in [0.3, 0.4) is 0 Å². The minimum atomic E-state index is 0.102. The monoisotopic (exact) mass is 351 g/mol. The van der Waals surface area contributed by atoms with Crippen molar-refractivity contribution in [3.63, 3.8) is 0 Å². The third-order valence-electron chi connectivity index (χ3n) is 4.00. The van der Waals surface area contributed by atoms with Gasteiger partial charge in [-0.05, 0) is 24.3 Å². The van der Waals surface area contributed by atoms with E-state index in [-0.39, 0.29) is 11.8 Å². The van der Waals surface area contributed by atoms with E-state index in [0.717, 1.165) is 23.7 Å². The summed E-state index contributed by atoms with van der Waals surface area (Å²) in [7, 11) is 5.16. The average molecular weight is 351 g/mol. The van der Waals surface area contributed by atoms with Gasteiger partial charge in [-0.3, -0.25) is 14.5 Å². The lowest BCUT2D eigenvalue weighted by atomic mass is 10.3. The summed E-state index contributed by atoms with van der Waals surface area (Å²) >= 11 is 1.54. The fraction of sp³-hybridized carbons (Fsp3) is 0.529. The van der Waals surface area contributed by atoms with Crippen molar-refractivity contribution in [3.05, 3.63) is 24.3 Å². The summed E-state index contributed by atoms with van der Waals surface area (Å²) in [6, 6.07) is 7.71. The van der Waals surface area contributed by atoms with Crippen molar-refractivity contribution in [1.82, 2.24) is 14.7 Å². The average Bonchev–Trinajstić information content (AvgIpc) is 2.60. The van der Waals surface area contributed by atoms with Gasteiger partial charge in [0.15, 0.2) is 0 Å². The van der Waals surface area contributed by atoms with Crippen LogP contribution in [-0.2, 0) is 9.59 Å². The van der Waals surface area contributed by atoms with Gasteiger partial charge in [0.2, 0.25) is 11.8 Å². The number of ether oxygens (including phenoxy) is 1. The maximum Gasteiger partial charge on any atom is 0.236 e. The lowest BCUT2D eigenvalue weighted by Crippen LogP contribution is -2.51. The molecule has 2 rings (SSSR count). The van der Waals surface area contributed by atoms with Crippen molar-refractivity contribution in [1.29, 1.82) is 0 Å². The molecule has 1 aliphatic heterocycles. The summed E-state index contributed by atoms with van der Waals surface area (Å²) in [5.41, 5.74) is 0. The van der Waals surface area contributed by atoms with Gasteiger partial charge in [-0.15, -0.1) is 11.8 Å². The van der Waals surface area contributed by atoms with Crippen molar-refractivity contribution in [3.8, 4) is 5.75 Å². The molecule has 0 aliphatic carbocycles. The molecule has 1 heterocycles. The van der Waals surface area contributed by atoms with Crippen LogP contribution in [0.2, 0.25) is 0 Å². The van der Waals surface area contributed by atoms with Crippen LogP contribution in [-0.4, -0.2) is 86.2 Å². The Morgan fingerprint density at radius 3 is 2.29 bits per heavy atom. The molecule has 1 saturated heterocycles. The quantitative estimate of drug-likeness (QED) is 0.717. The van der Waals surface area contributed by atoms with Gasteiger partial charge in [0.05, 0.1) is 19.4 Å². The molecule has 0 unspecified atom stereocenters. The molecular weight excluding hydrogens is 326 g/mol. The summed E-state index contributed by atoms with van der Waals surface area (Å²) in [6.45, 7) is 3.29. The number of hydrogen-bond donors (Lipinski definition) is 0. The molecule has 1 aromatic rings. The van der Waals surface area contributed by atoms with E-state index in [2.05, 4.69) is 4.90 Å². The zero-order valence-corrected chi connectivity index (χ0v) is 15.3. The first-order chi connectivity index (χ1) is 11.5. The van der Waals surface area contributed by atoms with Crippen molar-refractivity contribution in [2.24, 2.45) is 0 Å². The number of piperazine rings is 1. The van der Waals surface area contributed by atoms with Gasteiger partial charge in [0, 0.05) is 45.2 Å². The fourth-order valence-electron chi connectivity index (χ4n) is 2.40. The Labute approximate surface area is 147 Å². The molecule has 0 aromatic heterocycles. The highest BCUT2D eigenvalue weighted by Crippen LogP contribution is 2.21. The normalized spacial score (nSPS) is 15.2. The number of thioether (sulfide) groups is 1. The van der Waals surface area contributed by atoms with Gasteiger partial charge in [-0.1, -0.05) is 0 Å². The maximum absolute atomic E-state index is 12.3. The van der Waals surface area contributed by atoms with Gasteiger partial charge < -0.3 is 14.5 Å². The second-order valence-electron chi connectivity index (χ2n) is 5.91. The predicted molar refractivity (Wildman–Crippen MR) is 95.4 cm³/mol. The molecule has 6 nitrogen and oxygen atoms in total. The standard InChI is InChI=1S/C17H25N3O3S/c1-18(2)16(21)12-19-8-10-20(11-9-19)17(22)13-24-15-6-4-14(23-3)5-7-15/h4-7H,8-13H2,1-3H3. The van der Waals surface area contributed by atoms with E-state index in [1.54, 1.807) is 26.1 Å². The Kier molecular flexibility index (Phi) is 6.93. The van der Waals surface area contributed by atoms with Crippen LogP contribution in [0.1, 0.15) is 0 Å². The van der Waals surface area contributed by atoms with Crippen molar-refractivity contribution in [2.75, 3.05) is 59.7 Å². The molecule has 0 spiro atoms. The summed E-state index contributed by atoms with van der Waals surface area (Å²) in [6.07, 6.45) is 0. The van der Waals surface area contributed by atoms with Crippen LogP contribution in [0.4, 0.5) is 0 Å². The van der Waals surface area contributed by atoms with E-state index in [9.17, 15) is 9.59 Å². The number of carbonyl (C=O) groups is 2. The summed E-state index contributed by atoms with van der Waals surface area (Å²) in [4.78, 5) is 30.7. The predicted octanol–water partition coefficient (Wildman–Crippen LogP) is 1.02. The lowest BCUT2D eigenvalue weighted by molar-refractivity contribution is -0.132. The van der Waals surface area contributed by atoms with Crippen LogP contribution in [0.15, 0.2) is 29.2 Å². The lowest BCUT2D eigenvalue weighted by Gasteiger charge is -2.34. The van der Waals surface area contributed by atoms with Gasteiger partial charge in [0.1, 0.15) is 5.75 Å². The Hall–Kier alpha value is -1.73. The zero-order valence-electron chi connectivity index (χ0n) is 14.5. The van der Waals surface area contributed by atoms with Gasteiger partial charge in [0.25, 0.3) is 0 Å². The van der Waals surface area contributed by atoms with Crippen LogP contribution in [0.25, 0.3) is 0 Å². The van der Waals surface area contributed by atoms with E-state index in [0.29, 0.717) is 25.4 Å². The summed E-state index contributed by atoms with van der Waals surface area (Å²) in [5.74, 6) is 1.50. The molecule has 1 aliphatic rings. The molecular formula is C17H25N3O3S. The molecule has 24 heavy (non-hydrogen) atoms.